The van der Waals surface area contributed by atoms with Crippen LogP contribution in [-0.4, -0.2) is 31.1 Å². The molecule has 2 atom stereocenters. The van der Waals surface area contributed by atoms with Crippen molar-refractivity contribution in [1.29, 1.82) is 0 Å². The Labute approximate surface area is 116 Å². The van der Waals surface area contributed by atoms with Gasteiger partial charge in [0.05, 0.1) is 7.11 Å². The molecule has 2 N–H and O–H groups in total. The van der Waals surface area contributed by atoms with Gasteiger partial charge in [-0.3, -0.25) is 4.90 Å². The van der Waals surface area contributed by atoms with E-state index in [4.69, 9.17) is 10.5 Å². The van der Waals surface area contributed by atoms with Gasteiger partial charge in [0.2, 0.25) is 0 Å². The van der Waals surface area contributed by atoms with Crippen molar-refractivity contribution in [3.63, 3.8) is 0 Å². The minimum absolute atomic E-state index is 0.0308. The SMILES string of the molecule is CCC1CCCCN1CC(N)c1ccccc1OC. The number of benzene rings is 1. The van der Waals surface area contributed by atoms with Crippen LogP contribution < -0.4 is 10.5 Å². The molecule has 1 aromatic carbocycles. The number of ether oxygens (including phenoxy) is 1. The first-order chi connectivity index (χ1) is 9.26. The summed E-state index contributed by atoms with van der Waals surface area (Å²) in [5.41, 5.74) is 7.51. The fourth-order valence-corrected chi connectivity index (χ4v) is 3.09. The van der Waals surface area contributed by atoms with E-state index in [1.54, 1.807) is 7.11 Å². The highest BCUT2D eigenvalue weighted by molar-refractivity contribution is 5.35. The maximum atomic E-state index is 6.40. The standard InChI is InChI=1S/C16H26N2O/c1-3-13-8-6-7-11-18(13)12-15(17)14-9-4-5-10-16(14)19-2/h4-5,9-10,13,15H,3,6-8,11-12,17H2,1-2H3. The second-order valence-electron chi connectivity index (χ2n) is 5.40. The van der Waals surface area contributed by atoms with Crippen LogP contribution in [-0.2, 0) is 0 Å². The molecule has 3 heteroatoms. The van der Waals surface area contributed by atoms with Crippen LogP contribution in [0.3, 0.4) is 0 Å². The number of hydrogen-bond acceptors (Lipinski definition) is 3. The van der Waals surface area contributed by atoms with Crippen molar-refractivity contribution < 1.29 is 4.74 Å². The van der Waals surface area contributed by atoms with Crippen LogP contribution in [0.2, 0.25) is 0 Å². The number of nitrogens with two attached hydrogens (primary N) is 1. The predicted molar refractivity (Wildman–Crippen MR) is 79.4 cm³/mol. The van der Waals surface area contributed by atoms with E-state index < -0.39 is 0 Å². The summed E-state index contributed by atoms with van der Waals surface area (Å²) < 4.78 is 5.41. The average molecular weight is 262 g/mol. The maximum absolute atomic E-state index is 6.40. The molecule has 0 amide bonds. The summed E-state index contributed by atoms with van der Waals surface area (Å²) in [6, 6.07) is 8.82. The van der Waals surface area contributed by atoms with E-state index in [9.17, 15) is 0 Å². The van der Waals surface area contributed by atoms with Crippen molar-refractivity contribution in [2.45, 2.75) is 44.7 Å². The van der Waals surface area contributed by atoms with Crippen LogP contribution in [0.4, 0.5) is 0 Å². The highest BCUT2D eigenvalue weighted by Gasteiger charge is 2.23. The zero-order valence-corrected chi connectivity index (χ0v) is 12.1. The zero-order valence-electron chi connectivity index (χ0n) is 12.1. The fraction of sp³-hybridized carbons (Fsp3) is 0.625. The first-order valence-electron chi connectivity index (χ1n) is 7.38. The molecule has 1 aromatic rings. The summed E-state index contributed by atoms with van der Waals surface area (Å²) >= 11 is 0. The number of piperidine rings is 1. The van der Waals surface area contributed by atoms with E-state index in [1.807, 2.05) is 18.2 Å². The third-order valence-corrected chi connectivity index (χ3v) is 4.19. The molecule has 0 bridgehead atoms. The highest BCUT2D eigenvalue weighted by Crippen LogP contribution is 2.26. The molecule has 1 fully saturated rings. The quantitative estimate of drug-likeness (QED) is 0.886. The molecule has 1 aliphatic rings. The summed E-state index contributed by atoms with van der Waals surface area (Å²) in [4.78, 5) is 2.56. The number of hydrogen-bond donors (Lipinski definition) is 1. The van der Waals surface area contributed by atoms with Crippen LogP contribution >= 0.6 is 0 Å². The third kappa shape index (κ3) is 3.48. The largest absolute Gasteiger partial charge is 0.496 e. The van der Waals surface area contributed by atoms with E-state index in [0.717, 1.165) is 17.9 Å². The molecule has 1 aliphatic heterocycles. The van der Waals surface area contributed by atoms with Crippen molar-refractivity contribution in [2.75, 3.05) is 20.2 Å². The van der Waals surface area contributed by atoms with E-state index in [-0.39, 0.29) is 6.04 Å². The molecule has 106 valence electrons. The van der Waals surface area contributed by atoms with Gasteiger partial charge in [-0.15, -0.1) is 0 Å². The Balaban J connectivity index is 2.05. The van der Waals surface area contributed by atoms with E-state index >= 15 is 0 Å². The van der Waals surface area contributed by atoms with Gasteiger partial charge in [-0.05, 0) is 31.9 Å². The monoisotopic (exact) mass is 262 g/mol. The minimum atomic E-state index is 0.0308. The van der Waals surface area contributed by atoms with Gasteiger partial charge < -0.3 is 10.5 Å². The van der Waals surface area contributed by atoms with E-state index in [1.165, 1.54) is 32.2 Å². The fourth-order valence-electron chi connectivity index (χ4n) is 3.09. The van der Waals surface area contributed by atoms with Crippen molar-refractivity contribution in [2.24, 2.45) is 5.73 Å². The highest BCUT2D eigenvalue weighted by atomic mass is 16.5. The zero-order chi connectivity index (χ0) is 13.7. The smallest absolute Gasteiger partial charge is 0.123 e. The molecular weight excluding hydrogens is 236 g/mol. The van der Waals surface area contributed by atoms with Gasteiger partial charge in [0.15, 0.2) is 0 Å². The molecule has 3 nitrogen and oxygen atoms in total. The van der Waals surface area contributed by atoms with Crippen molar-refractivity contribution >= 4 is 0 Å². The molecular formula is C16H26N2O. The van der Waals surface area contributed by atoms with Crippen molar-refractivity contribution in [3.8, 4) is 5.75 Å². The molecule has 0 aromatic heterocycles. The van der Waals surface area contributed by atoms with Gasteiger partial charge in [0, 0.05) is 24.2 Å². The Morgan fingerprint density at radius 2 is 2.16 bits per heavy atom. The number of likely N-dealkylation sites (tertiary alicyclic amines) is 1. The first-order valence-corrected chi connectivity index (χ1v) is 7.38. The number of nitrogens with zero attached hydrogens (tertiary/aromatic N) is 1. The topological polar surface area (TPSA) is 38.5 Å². The molecule has 1 heterocycles. The van der Waals surface area contributed by atoms with Gasteiger partial charge in [0.1, 0.15) is 5.75 Å². The lowest BCUT2D eigenvalue weighted by molar-refractivity contribution is 0.135. The van der Waals surface area contributed by atoms with E-state index in [0.29, 0.717) is 6.04 Å². The average Bonchev–Trinajstić information content (AvgIpc) is 2.47. The van der Waals surface area contributed by atoms with Crippen LogP contribution in [0.15, 0.2) is 24.3 Å². The summed E-state index contributed by atoms with van der Waals surface area (Å²) in [7, 11) is 1.71. The van der Waals surface area contributed by atoms with Crippen LogP contribution in [0.1, 0.15) is 44.2 Å². The lowest BCUT2D eigenvalue weighted by Crippen LogP contribution is -2.43. The van der Waals surface area contributed by atoms with Gasteiger partial charge in [-0.2, -0.15) is 0 Å². The summed E-state index contributed by atoms with van der Waals surface area (Å²) in [5.74, 6) is 0.903. The predicted octanol–water partition coefficient (Wildman–Crippen LogP) is 2.96. The second kappa shape index (κ2) is 6.92. The Hall–Kier alpha value is -1.06. The third-order valence-electron chi connectivity index (χ3n) is 4.19. The first kappa shape index (κ1) is 14.4. The summed E-state index contributed by atoms with van der Waals surface area (Å²) in [6.07, 6.45) is 5.20. The van der Waals surface area contributed by atoms with Gasteiger partial charge in [-0.25, -0.2) is 0 Å². The number of methoxy groups -OCH3 is 1. The van der Waals surface area contributed by atoms with Crippen LogP contribution in [0.5, 0.6) is 5.75 Å². The Morgan fingerprint density at radius 1 is 1.37 bits per heavy atom. The Bertz CT molecular complexity index is 394. The molecule has 0 radical (unpaired) electrons. The van der Waals surface area contributed by atoms with Gasteiger partial charge in [0.25, 0.3) is 0 Å². The molecule has 19 heavy (non-hydrogen) atoms. The summed E-state index contributed by atoms with van der Waals surface area (Å²) in [6.45, 7) is 4.39. The molecule has 1 saturated heterocycles. The number of rotatable bonds is 5. The number of para-hydroxylation sites is 1. The lowest BCUT2D eigenvalue weighted by Gasteiger charge is -2.37. The molecule has 0 saturated carbocycles. The van der Waals surface area contributed by atoms with Crippen molar-refractivity contribution in [3.05, 3.63) is 29.8 Å². The Morgan fingerprint density at radius 3 is 2.89 bits per heavy atom. The normalized spacial score (nSPS) is 22.2. The van der Waals surface area contributed by atoms with Crippen LogP contribution in [0, 0.1) is 0 Å². The maximum Gasteiger partial charge on any atom is 0.123 e. The lowest BCUT2D eigenvalue weighted by atomic mass is 9.98. The van der Waals surface area contributed by atoms with Crippen molar-refractivity contribution in [1.82, 2.24) is 4.90 Å². The minimum Gasteiger partial charge on any atom is -0.496 e. The molecule has 0 aliphatic carbocycles. The van der Waals surface area contributed by atoms with Crippen LogP contribution in [0.25, 0.3) is 0 Å². The Kier molecular flexibility index (Phi) is 5.23. The molecule has 2 unspecified atom stereocenters. The molecule has 2 rings (SSSR count). The van der Waals surface area contributed by atoms with Gasteiger partial charge >= 0.3 is 0 Å². The molecule has 0 spiro atoms. The second-order valence-corrected chi connectivity index (χ2v) is 5.40. The van der Waals surface area contributed by atoms with E-state index in [2.05, 4.69) is 17.9 Å². The van der Waals surface area contributed by atoms with Gasteiger partial charge in [-0.1, -0.05) is 31.5 Å². The summed E-state index contributed by atoms with van der Waals surface area (Å²) in [5, 5.41) is 0.